The molecule has 160 valence electrons. The molecule has 1 aromatic rings. The van der Waals surface area contributed by atoms with Crippen molar-refractivity contribution in [3.63, 3.8) is 0 Å². The van der Waals surface area contributed by atoms with Gasteiger partial charge in [0.25, 0.3) is 10.1 Å². The zero-order valence-corrected chi connectivity index (χ0v) is 17.9. The molecular weight excluding hydrogens is 415 g/mol. The summed E-state index contributed by atoms with van der Waals surface area (Å²) >= 11 is 0. The monoisotopic (exact) mass is 442 g/mol. The van der Waals surface area contributed by atoms with Crippen molar-refractivity contribution in [1.29, 1.82) is 0 Å². The van der Waals surface area contributed by atoms with Gasteiger partial charge in [-0.05, 0) is 18.2 Å². The predicted octanol–water partition coefficient (Wildman–Crippen LogP) is 3.81. The van der Waals surface area contributed by atoms with E-state index in [0.717, 1.165) is 30.7 Å². The fourth-order valence-corrected chi connectivity index (χ4v) is 6.72. The van der Waals surface area contributed by atoms with Crippen LogP contribution in [-0.4, -0.2) is 59.8 Å². The summed E-state index contributed by atoms with van der Waals surface area (Å²) in [5, 5.41) is 17.2. The van der Waals surface area contributed by atoms with Crippen LogP contribution in [0, 0.1) is 0 Å². The van der Waals surface area contributed by atoms with Gasteiger partial charge in [0.15, 0.2) is 0 Å². The Labute approximate surface area is 171 Å². The standard InChI is InChI=1S/C12H21P.C8H6O7S/c1-5-9-13(10-6-2,11-7-3)12-8-4;9-7(10)4-1-5(8(11)12)3-6(2-4)16(13,14)15/h5-8,13H,1-4,9-12H2;1-3H,(H,9,10)(H,11,12)(H,13,14,15). The number of benzene rings is 1. The summed E-state index contributed by atoms with van der Waals surface area (Å²) in [4.78, 5) is 20.4. The van der Waals surface area contributed by atoms with Gasteiger partial charge in [0, 0.05) is 0 Å². The molecule has 29 heavy (non-hydrogen) atoms. The molecule has 0 aromatic heterocycles. The SMILES string of the molecule is C=CC[PH](CC=C)(CC=C)CC=C.O=C(O)c1cc(C(=O)O)cc(S(=O)(=O)O)c1. The molecule has 0 aliphatic heterocycles. The molecule has 1 aromatic carbocycles. The van der Waals surface area contributed by atoms with Gasteiger partial charge >= 0.3 is 94.5 Å². The average molecular weight is 442 g/mol. The van der Waals surface area contributed by atoms with Gasteiger partial charge in [0.1, 0.15) is 0 Å². The summed E-state index contributed by atoms with van der Waals surface area (Å²) in [7, 11) is -5.91. The fourth-order valence-electron chi connectivity index (χ4n) is 2.72. The van der Waals surface area contributed by atoms with Crippen LogP contribution in [0.1, 0.15) is 20.7 Å². The molecule has 0 spiro atoms. The first-order valence-corrected chi connectivity index (χ1v) is 12.8. The molecule has 0 saturated carbocycles. The van der Waals surface area contributed by atoms with Crippen molar-refractivity contribution in [3.8, 4) is 0 Å². The minimum atomic E-state index is -4.64. The van der Waals surface area contributed by atoms with Crippen LogP contribution in [0.25, 0.3) is 0 Å². The maximum Gasteiger partial charge on any atom is 0.335 e. The number of carboxylic acids is 2. The van der Waals surface area contributed by atoms with Crippen molar-refractivity contribution in [2.24, 2.45) is 0 Å². The molecule has 0 aliphatic carbocycles. The molecule has 0 amide bonds. The van der Waals surface area contributed by atoms with E-state index in [1.54, 1.807) is 0 Å². The maximum atomic E-state index is 10.8. The molecule has 0 fully saturated rings. The molecule has 0 saturated heterocycles. The van der Waals surface area contributed by atoms with E-state index >= 15 is 0 Å². The smallest absolute Gasteiger partial charge is 0.335 e. The van der Waals surface area contributed by atoms with Crippen LogP contribution in [-0.2, 0) is 10.1 Å². The van der Waals surface area contributed by atoms with Gasteiger partial charge in [0.05, 0.1) is 16.0 Å². The second-order valence-electron chi connectivity index (χ2n) is 6.30. The van der Waals surface area contributed by atoms with Crippen LogP contribution < -0.4 is 0 Å². The Hall–Kier alpha value is -2.54. The summed E-state index contributed by atoms with van der Waals surface area (Å²) in [5.74, 6) is -2.99. The van der Waals surface area contributed by atoms with E-state index in [1.807, 2.05) is 24.3 Å². The number of rotatable bonds is 11. The zero-order chi connectivity index (χ0) is 22.7. The van der Waals surface area contributed by atoms with Crippen molar-refractivity contribution in [2.75, 3.05) is 24.6 Å². The Balaban J connectivity index is 0.000000555. The summed E-state index contributed by atoms with van der Waals surface area (Å²) in [5.41, 5.74) is -1.07. The van der Waals surface area contributed by atoms with Crippen molar-refractivity contribution < 1.29 is 32.8 Å². The first-order chi connectivity index (χ1) is 13.5. The van der Waals surface area contributed by atoms with E-state index in [0.29, 0.717) is 12.1 Å². The summed E-state index contributed by atoms with van der Waals surface area (Å²) < 4.78 is 30.2. The van der Waals surface area contributed by atoms with E-state index in [2.05, 4.69) is 26.3 Å². The van der Waals surface area contributed by atoms with Gasteiger partial charge in [-0.25, -0.2) is 9.59 Å². The van der Waals surface area contributed by atoms with Crippen LogP contribution in [0.5, 0.6) is 0 Å². The third-order valence-corrected chi connectivity index (χ3v) is 9.46. The van der Waals surface area contributed by atoms with Crippen LogP contribution in [0.2, 0.25) is 0 Å². The fraction of sp³-hybridized carbons (Fsp3) is 0.200. The van der Waals surface area contributed by atoms with Crippen LogP contribution in [0.3, 0.4) is 0 Å². The number of hydrogen-bond donors (Lipinski definition) is 3. The van der Waals surface area contributed by atoms with Crippen LogP contribution >= 0.6 is 7.26 Å². The van der Waals surface area contributed by atoms with Gasteiger partial charge in [-0.1, -0.05) is 0 Å². The van der Waals surface area contributed by atoms with Gasteiger partial charge in [0.2, 0.25) is 0 Å². The molecule has 0 unspecified atom stereocenters. The largest absolute Gasteiger partial charge is 0.478 e. The molecule has 1 rings (SSSR count). The zero-order valence-electron chi connectivity index (χ0n) is 16.1. The van der Waals surface area contributed by atoms with E-state index in [1.165, 1.54) is 0 Å². The third-order valence-electron chi connectivity index (χ3n) is 4.01. The van der Waals surface area contributed by atoms with Crippen molar-refractivity contribution in [1.82, 2.24) is 0 Å². The van der Waals surface area contributed by atoms with Gasteiger partial charge in [-0.15, -0.1) is 0 Å². The number of carboxylic acid groups (broad SMARTS) is 2. The van der Waals surface area contributed by atoms with Crippen molar-refractivity contribution in [2.45, 2.75) is 4.90 Å². The Morgan fingerprint density at radius 2 is 1.10 bits per heavy atom. The van der Waals surface area contributed by atoms with Gasteiger partial charge < -0.3 is 10.2 Å². The minimum absolute atomic E-state index is 0.535. The van der Waals surface area contributed by atoms with Crippen molar-refractivity contribution in [3.05, 3.63) is 79.9 Å². The molecule has 0 bridgehead atoms. The maximum absolute atomic E-state index is 10.8. The first-order valence-electron chi connectivity index (χ1n) is 8.49. The molecule has 0 heterocycles. The average Bonchev–Trinajstić information content (AvgIpc) is 2.62. The summed E-state index contributed by atoms with van der Waals surface area (Å²) in [6.45, 7) is 15.3. The number of hydrogen-bond acceptors (Lipinski definition) is 4. The normalized spacial score (nSPS) is 11.3. The van der Waals surface area contributed by atoms with E-state index in [9.17, 15) is 18.0 Å². The summed E-state index contributed by atoms with van der Waals surface area (Å²) in [6.07, 6.45) is 12.7. The Bertz CT molecular complexity index is 810. The molecule has 9 heteroatoms. The van der Waals surface area contributed by atoms with Crippen molar-refractivity contribution >= 4 is 29.3 Å². The molecule has 7 nitrogen and oxygen atoms in total. The minimum Gasteiger partial charge on any atom is -0.478 e. The molecule has 0 aliphatic rings. The molecule has 0 radical (unpaired) electrons. The number of carbonyl (C=O) groups is 2. The Kier molecular flexibility index (Phi) is 11.1. The first kappa shape index (κ1) is 26.5. The van der Waals surface area contributed by atoms with E-state index in [4.69, 9.17) is 14.8 Å². The topological polar surface area (TPSA) is 129 Å². The molecule has 3 N–H and O–H groups in total. The predicted molar refractivity (Wildman–Crippen MR) is 119 cm³/mol. The second-order valence-corrected chi connectivity index (χ2v) is 12.4. The van der Waals surface area contributed by atoms with Crippen LogP contribution in [0.4, 0.5) is 0 Å². The van der Waals surface area contributed by atoms with Crippen LogP contribution in [0.15, 0.2) is 73.7 Å². The van der Waals surface area contributed by atoms with E-state index < -0.39 is 45.3 Å². The van der Waals surface area contributed by atoms with Gasteiger partial charge in [-0.2, -0.15) is 8.42 Å². The second kappa shape index (κ2) is 12.1. The number of aromatic carboxylic acids is 2. The quantitative estimate of drug-likeness (QED) is 0.270. The summed E-state index contributed by atoms with van der Waals surface area (Å²) in [6, 6.07) is 2.13. The van der Waals surface area contributed by atoms with Gasteiger partial charge in [-0.3, -0.25) is 4.55 Å². The third kappa shape index (κ3) is 9.00. The molecular formula is C20H27O7PS. The Morgan fingerprint density at radius 3 is 1.31 bits per heavy atom. The number of allylic oxidation sites excluding steroid dienone is 4. The Morgan fingerprint density at radius 1 is 0.793 bits per heavy atom. The van der Waals surface area contributed by atoms with E-state index in [-0.39, 0.29) is 0 Å². The molecule has 0 atom stereocenters.